The molecule has 34 heavy (non-hydrogen) atoms. The van der Waals surface area contributed by atoms with Crippen molar-refractivity contribution in [3.63, 3.8) is 0 Å². The van der Waals surface area contributed by atoms with Crippen molar-refractivity contribution in [1.82, 2.24) is 9.80 Å². The van der Waals surface area contributed by atoms with Gasteiger partial charge in [-0.25, -0.2) is 4.39 Å². The number of rotatable bonds is 11. The van der Waals surface area contributed by atoms with E-state index >= 15 is 0 Å². The average Bonchev–Trinajstić information content (AvgIpc) is 2.85. The van der Waals surface area contributed by atoms with E-state index in [9.17, 15) is 18.8 Å². The van der Waals surface area contributed by atoms with Crippen molar-refractivity contribution in [1.29, 1.82) is 0 Å². The van der Waals surface area contributed by atoms with Crippen molar-refractivity contribution in [2.75, 3.05) is 32.7 Å². The third kappa shape index (κ3) is 6.65. The van der Waals surface area contributed by atoms with Crippen LogP contribution in [0.5, 0.6) is 0 Å². The second kappa shape index (κ2) is 12.3. The SMILES string of the molecule is COCCCN(CC(=O)N(Cc1ccc(F)cc1)Cc1coc2ccccc2c1=O)C(=O)CCl. The molecule has 3 aromatic rings. The van der Waals surface area contributed by atoms with Crippen LogP contribution in [0.25, 0.3) is 11.0 Å². The predicted octanol–water partition coefficient (Wildman–Crippen LogP) is 3.56. The number of halogens is 2. The van der Waals surface area contributed by atoms with E-state index in [1.165, 1.54) is 28.2 Å². The first-order valence-corrected chi connectivity index (χ1v) is 11.3. The number of fused-ring (bicyclic) bond motifs is 1. The summed E-state index contributed by atoms with van der Waals surface area (Å²) < 4.78 is 24.0. The summed E-state index contributed by atoms with van der Waals surface area (Å²) >= 11 is 5.74. The third-order valence-electron chi connectivity index (χ3n) is 5.32. The van der Waals surface area contributed by atoms with Crippen molar-refractivity contribution in [3.8, 4) is 0 Å². The van der Waals surface area contributed by atoms with Gasteiger partial charge in [0.2, 0.25) is 11.8 Å². The lowest BCUT2D eigenvalue weighted by Crippen LogP contribution is -2.44. The lowest BCUT2D eigenvalue weighted by atomic mass is 10.1. The summed E-state index contributed by atoms with van der Waals surface area (Å²) in [6.07, 6.45) is 1.88. The van der Waals surface area contributed by atoms with Crippen molar-refractivity contribution < 1.29 is 23.1 Å². The number of carbonyl (C=O) groups excluding carboxylic acids is 2. The van der Waals surface area contributed by atoms with Crippen LogP contribution in [0.2, 0.25) is 0 Å². The maximum atomic E-state index is 13.4. The molecule has 0 saturated heterocycles. The van der Waals surface area contributed by atoms with Crippen molar-refractivity contribution >= 4 is 34.4 Å². The second-order valence-electron chi connectivity index (χ2n) is 7.76. The van der Waals surface area contributed by atoms with Crippen LogP contribution in [-0.2, 0) is 27.4 Å². The molecule has 2 amide bonds. The van der Waals surface area contributed by atoms with Gasteiger partial charge in [0.15, 0.2) is 5.43 Å². The number of methoxy groups -OCH3 is 1. The van der Waals surface area contributed by atoms with Gasteiger partial charge in [-0.1, -0.05) is 24.3 Å². The number of ether oxygens (including phenoxy) is 1. The monoisotopic (exact) mass is 488 g/mol. The molecular weight excluding hydrogens is 463 g/mol. The zero-order valence-electron chi connectivity index (χ0n) is 18.8. The van der Waals surface area contributed by atoms with Crippen LogP contribution in [-0.4, -0.2) is 54.3 Å². The standard InChI is InChI=1S/C25H26ClFN2O5/c1-33-12-4-11-28(23(30)13-26)16-24(31)29(14-18-7-9-20(27)10-8-18)15-19-17-34-22-6-3-2-5-21(22)25(19)32/h2-3,5-10,17H,4,11-16H2,1H3. The minimum atomic E-state index is -0.395. The highest BCUT2D eigenvalue weighted by Crippen LogP contribution is 2.15. The molecule has 7 nitrogen and oxygen atoms in total. The van der Waals surface area contributed by atoms with Gasteiger partial charge in [-0.05, 0) is 36.2 Å². The van der Waals surface area contributed by atoms with Crippen LogP contribution < -0.4 is 5.43 Å². The van der Waals surface area contributed by atoms with E-state index in [1.807, 2.05) is 0 Å². The van der Waals surface area contributed by atoms with E-state index < -0.39 is 5.82 Å². The molecule has 1 heterocycles. The normalized spacial score (nSPS) is 10.9. The molecule has 0 unspecified atom stereocenters. The second-order valence-corrected chi connectivity index (χ2v) is 8.03. The molecule has 0 saturated carbocycles. The van der Waals surface area contributed by atoms with Crippen LogP contribution >= 0.6 is 11.6 Å². The summed E-state index contributed by atoms with van der Waals surface area (Å²) in [5, 5.41) is 0.410. The first-order chi connectivity index (χ1) is 16.4. The summed E-state index contributed by atoms with van der Waals surface area (Å²) in [5.41, 5.74) is 1.18. The smallest absolute Gasteiger partial charge is 0.242 e. The van der Waals surface area contributed by atoms with E-state index in [-0.39, 0.29) is 42.8 Å². The van der Waals surface area contributed by atoms with Crippen LogP contribution in [0, 0.1) is 5.82 Å². The molecule has 0 aliphatic rings. The first-order valence-electron chi connectivity index (χ1n) is 10.8. The maximum absolute atomic E-state index is 13.4. The predicted molar refractivity (Wildman–Crippen MR) is 127 cm³/mol. The topological polar surface area (TPSA) is 80.1 Å². The van der Waals surface area contributed by atoms with Crippen LogP contribution in [0.1, 0.15) is 17.5 Å². The third-order valence-corrected chi connectivity index (χ3v) is 5.55. The van der Waals surface area contributed by atoms with Crippen LogP contribution in [0.15, 0.2) is 64.0 Å². The van der Waals surface area contributed by atoms with E-state index in [0.29, 0.717) is 41.7 Å². The molecular formula is C25H26ClFN2O5. The number of carbonyl (C=O) groups is 2. The Morgan fingerprint density at radius 3 is 2.47 bits per heavy atom. The van der Waals surface area contributed by atoms with E-state index in [0.717, 1.165) is 0 Å². The van der Waals surface area contributed by atoms with Crippen molar-refractivity contribution in [2.24, 2.45) is 0 Å². The molecule has 0 N–H and O–H groups in total. The number of amides is 2. The summed E-state index contributed by atoms with van der Waals surface area (Å²) in [4.78, 5) is 41.4. The molecule has 1 aromatic heterocycles. The Hall–Kier alpha value is -3.23. The van der Waals surface area contributed by atoms with E-state index in [4.69, 9.17) is 20.8 Å². The Balaban J connectivity index is 1.87. The molecule has 2 aromatic carbocycles. The zero-order valence-corrected chi connectivity index (χ0v) is 19.6. The Morgan fingerprint density at radius 1 is 1.03 bits per heavy atom. The molecule has 0 spiro atoms. The number of hydrogen-bond donors (Lipinski definition) is 0. The Kier molecular flexibility index (Phi) is 9.18. The molecule has 9 heteroatoms. The van der Waals surface area contributed by atoms with Crippen molar-refractivity contribution in [3.05, 3.63) is 82.0 Å². The molecule has 180 valence electrons. The fraction of sp³-hybridized carbons (Fsp3) is 0.320. The molecule has 0 radical (unpaired) electrons. The fourth-order valence-electron chi connectivity index (χ4n) is 3.51. The van der Waals surface area contributed by atoms with Gasteiger partial charge in [-0.3, -0.25) is 14.4 Å². The number of alkyl halides is 1. The van der Waals surface area contributed by atoms with Crippen LogP contribution in [0.3, 0.4) is 0 Å². The molecule has 0 atom stereocenters. The summed E-state index contributed by atoms with van der Waals surface area (Å²) in [6, 6.07) is 12.6. The van der Waals surface area contributed by atoms with Gasteiger partial charge in [0.05, 0.1) is 30.3 Å². The number of para-hydroxylation sites is 1. The van der Waals surface area contributed by atoms with Gasteiger partial charge >= 0.3 is 0 Å². The Labute approximate surface area is 201 Å². The number of nitrogens with zero attached hydrogens (tertiary/aromatic N) is 2. The highest BCUT2D eigenvalue weighted by atomic mass is 35.5. The largest absolute Gasteiger partial charge is 0.464 e. The van der Waals surface area contributed by atoms with E-state index in [2.05, 4.69) is 0 Å². The number of hydrogen-bond acceptors (Lipinski definition) is 5. The first kappa shape index (κ1) is 25.4. The van der Waals surface area contributed by atoms with Gasteiger partial charge < -0.3 is 19.0 Å². The maximum Gasteiger partial charge on any atom is 0.242 e. The summed E-state index contributed by atoms with van der Waals surface area (Å²) in [7, 11) is 1.55. The lowest BCUT2D eigenvalue weighted by molar-refractivity contribution is -0.140. The highest BCUT2D eigenvalue weighted by Gasteiger charge is 2.22. The molecule has 0 bridgehead atoms. The Morgan fingerprint density at radius 2 is 1.76 bits per heavy atom. The zero-order chi connectivity index (χ0) is 24.5. The fourth-order valence-corrected chi connectivity index (χ4v) is 3.68. The minimum absolute atomic E-state index is 0.0373. The number of benzene rings is 2. The molecule has 0 aliphatic carbocycles. The van der Waals surface area contributed by atoms with Gasteiger partial charge in [-0.2, -0.15) is 0 Å². The molecule has 0 fully saturated rings. The van der Waals surface area contributed by atoms with E-state index in [1.54, 1.807) is 43.5 Å². The minimum Gasteiger partial charge on any atom is -0.464 e. The van der Waals surface area contributed by atoms with Gasteiger partial charge in [0.25, 0.3) is 0 Å². The van der Waals surface area contributed by atoms with Gasteiger partial charge in [-0.15, -0.1) is 11.6 Å². The Bertz CT molecular complexity index is 1180. The molecule has 3 rings (SSSR count). The quantitative estimate of drug-likeness (QED) is 0.304. The van der Waals surface area contributed by atoms with Gasteiger partial charge in [0, 0.05) is 26.8 Å². The lowest BCUT2D eigenvalue weighted by Gasteiger charge is -2.27. The highest BCUT2D eigenvalue weighted by molar-refractivity contribution is 6.27. The summed E-state index contributed by atoms with van der Waals surface area (Å²) in [5.74, 6) is -1.41. The average molecular weight is 489 g/mol. The van der Waals surface area contributed by atoms with Gasteiger partial charge in [0.1, 0.15) is 17.3 Å². The van der Waals surface area contributed by atoms with Crippen molar-refractivity contribution in [2.45, 2.75) is 19.5 Å². The molecule has 0 aliphatic heterocycles. The summed E-state index contributed by atoms with van der Waals surface area (Å²) in [6.45, 7) is 0.595. The van der Waals surface area contributed by atoms with Crippen LogP contribution in [0.4, 0.5) is 4.39 Å².